The predicted octanol–water partition coefficient (Wildman–Crippen LogP) is 1.95. The van der Waals surface area contributed by atoms with E-state index >= 15 is 0 Å². The van der Waals surface area contributed by atoms with Crippen LogP contribution < -0.4 is 0 Å². The van der Waals surface area contributed by atoms with Crippen LogP contribution in [0.15, 0.2) is 17.6 Å². The van der Waals surface area contributed by atoms with E-state index in [2.05, 4.69) is 4.98 Å². The zero-order valence-electron chi connectivity index (χ0n) is 14.1. The number of carbonyl (C=O) groups is 1. The highest BCUT2D eigenvalue weighted by atomic mass is 32.2. The van der Waals surface area contributed by atoms with Crippen LogP contribution in [0.3, 0.4) is 0 Å². The van der Waals surface area contributed by atoms with E-state index in [4.69, 9.17) is 0 Å². The fraction of sp³-hybridized carbons (Fsp3) is 0.750. The normalized spacial score (nSPS) is 23.6. The molecule has 2 heterocycles. The number of thioether (sulfide) groups is 1. The highest BCUT2D eigenvalue weighted by molar-refractivity contribution is 7.99. The fourth-order valence-corrected chi connectivity index (χ4v) is 6.36. The second-order valence-corrected chi connectivity index (χ2v) is 9.75. The zero-order chi connectivity index (χ0) is 17.2. The lowest BCUT2D eigenvalue weighted by Crippen LogP contribution is -2.47. The van der Waals surface area contributed by atoms with E-state index in [0.29, 0.717) is 12.2 Å². The number of aryl methyl sites for hydroxylation is 1. The summed E-state index contributed by atoms with van der Waals surface area (Å²) in [6, 6.07) is 0.0689. The van der Waals surface area contributed by atoms with E-state index in [1.54, 1.807) is 6.20 Å². The third kappa shape index (κ3) is 3.96. The van der Waals surface area contributed by atoms with Crippen LogP contribution in [0.2, 0.25) is 0 Å². The number of nitrogens with zero attached hydrogens (tertiary/aromatic N) is 3. The molecule has 0 aromatic carbocycles. The van der Waals surface area contributed by atoms with E-state index in [-0.39, 0.29) is 29.5 Å². The molecule has 0 radical (unpaired) electrons. The Labute approximate surface area is 147 Å². The molecule has 1 aromatic heterocycles. The van der Waals surface area contributed by atoms with Gasteiger partial charge in [-0.2, -0.15) is 0 Å². The molecule has 8 heteroatoms. The van der Waals surface area contributed by atoms with Gasteiger partial charge in [0.15, 0.2) is 15.0 Å². The zero-order valence-corrected chi connectivity index (χ0v) is 15.7. The van der Waals surface area contributed by atoms with Crippen molar-refractivity contribution in [1.29, 1.82) is 0 Å². The lowest BCUT2D eigenvalue weighted by Gasteiger charge is -2.34. The first-order valence-electron chi connectivity index (χ1n) is 8.65. The van der Waals surface area contributed by atoms with E-state index in [1.165, 1.54) is 11.8 Å². The topological polar surface area (TPSA) is 72.3 Å². The monoisotopic (exact) mass is 371 g/mol. The van der Waals surface area contributed by atoms with Crippen molar-refractivity contribution in [2.45, 2.75) is 62.8 Å². The number of imidazole rings is 1. The van der Waals surface area contributed by atoms with E-state index < -0.39 is 9.84 Å². The van der Waals surface area contributed by atoms with Gasteiger partial charge in [0.25, 0.3) is 0 Å². The van der Waals surface area contributed by atoms with Crippen LogP contribution in [0.5, 0.6) is 0 Å². The molecule has 1 unspecified atom stereocenters. The van der Waals surface area contributed by atoms with Crippen LogP contribution >= 0.6 is 11.8 Å². The van der Waals surface area contributed by atoms with Crippen LogP contribution in [0, 0.1) is 0 Å². The molecule has 2 aliphatic rings. The maximum absolute atomic E-state index is 12.9. The molecule has 0 spiro atoms. The van der Waals surface area contributed by atoms with E-state index in [1.807, 2.05) is 22.6 Å². The van der Waals surface area contributed by atoms with Gasteiger partial charge in [0.2, 0.25) is 5.91 Å². The maximum atomic E-state index is 12.9. The lowest BCUT2D eigenvalue weighted by molar-refractivity contribution is -0.132. The molecular formula is C16H25N3O3S2. The molecule has 1 saturated heterocycles. The molecule has 1 atom stereocenters. The van der Waals surface area contributed by atoms with Gasteiger partial charge in [-0.3, -0.25) is 4.79 Å². The molecule has 1 aliphatic carbocycles. The Morgan fingerprint density at radius 1 is 1.33 bits per heavy atom. The lowest BCUT2D eigenvalue weighted by atomic mass is 10.1. The average molecular weight is 372 g/mol. The predicted molar refractivity (Wildman–Crippen MR) is 94.8 cm³/mol. The molecule has 0 N–H and O–H groups in total. The number of hydrogen-bond donors (Lipinski definition) is 0. The number of rotatable bonds is 6. The van der Waals surface area contributed by atoms with Crippen LogP contribution in [-0.2, 0) is 21.2 Å². The van der Waals surface area contributed by atoms with Crippen LogP contribution in [0.4, 0.5) is 0 Å². The molecule has 1 aromatic rings. The Morgan fingerprint density at radius 3 is 2.71 bits per heavy atom. The van der Waals surface area contributed by atoms with E-state index in [0.717, 1.165) is 37.4 Å². The summed E-state index contributed by atoms with van der Waals surface area (Å²) in [5.41, 5.74) is 0. The third-order valence-electron chi connectivity index (χ3n) is 4.95. The summed E-state index contributed by atoms with van der Waals surface area (Å²) in [5.74, 6) is 0.717. The van der Waals surface area contributed by atoms with Crippen molar-refractivity contribution >= 4 is 27.5 Å². The summed E-state index contributed by atoms with van der Waals surface area (Å²) in [7, 11) is -2.99. The van der Waals surface area contributed by atoms with Crippen LogP contribution in [-0.4, -0.2) is 58.1 Å². The standard InChI is InChI=1S/C16H25N3O3S2/c1-2-18-9-8-17-16(18)23-11-15(20)19(13-5-3-4-6-13)14-7-10-24(21,22)12-14/h8-9,13-14H,2-7,10-12H2,1H3. The molecule has 0 bridgehead atoms. The van der Waals surface area contributed by atoms with Crippen molar-refractivity contribution in [2.75, 3.05) is 17.3 Å². The second-order valence-electron chi connectivity index (χ2n) is 6.58. The second kappa shape index (κ2) is 7.47. The molecule has 1 amide bonds. The van der Waals surface area contributed by atoms with Gasteiger partial charge >= 0.3 is 0 Å². The largest absolute Gasteiger partial charge is 0.335 e. The summed E-state index contributed by atoms with van der Waals surface area (Å²) >= 11 is 1.44. The van der Waals surface area contributed by atoms with Crippen molar-refractivity contribution in [3.8, 4) is 0 Å². The third-order valence-corrected chi connectivity index (χ3v) is 7.69. The van der Waals surface area contributed by atoms with Crippen molar-refractivity contribution in [2.24, 2.45) is 0 Å². The number of hydrogen-bond acceptors (Lipinski definition) is 5. The summed E-state index contributed by atoms with van der Waals surface area (Å²) in [6.45, 7) is 2.87. The highest BCUT2D eigenvalue weighted by Crippen LogP contribution is 2.30. The van der Waals surface area contributed by atoms with Gasteiger partial charge in [-0.05, 0) is 26.2 Å². The molecule has 1 saturated carbocycles. The first-order valence-corrected chi connectivity index (χ1v) is 11.5. The summed E-state index contributed by atoms with van der Waals surface area (Å²) in [4.78, 5) is 19.1. The van der Waals surface area contributed by atoms with Gasteiger partial charge in [-0.15, -0.1) is 0 Å². The van der Waals surface area contributed by atoms with Crippen LogP contribution in [0.1, 0.15) is 39.0 Å². The summed E-state index contributed by atoms with van der Waals surface area (Å²) in [6.07, 6.45) is 8.48. The van der Waals surface area contributed by atoms with E-state index in [9.17, 15) is 13.2 Å². The molecule has 134 valence electrons. The SMILES string of the molecule is CCn1ccnc1SCC(=O)N(C1CCCC1)C1CCS(=O)(=O)C1. The van der Waals surface area contributed by atoms with Gasteiger partial charge in [-0.25, -0.2) is 13.4 Å². The van der Waals surface area contributed by atoms with Gasteiger partial charge in [0.1, 0.15) is 0 Å². The molecule has 24 heavy (non-hydrogen) atoms. The minimum Gasteiger partial charge on any atom is -0.335 e. The molecule has 1 aliphatic heterocycles. The van der Waals surface area contributed by atoms with Crippen molar-refractivity contribution in [1.82, 2.24) is 14.5 Å². The van der Waals surface area contributed by atoms with Gasteiger partial charge in [0, 0.05) is 31.0 Å². The highest BCUT2D eigenvalue weighted by Gasteiger charge is 2.38. The van der Waals surface area contributed by atoms with Crippen molar-refractivity contribution < 1.29 is 13.2 Å². The Balaban J connectivity index is 1.69. The summed E-state index contributed by atoms with van der Waals surface area (Å²) in [5, 5.41) is 0.844. The van der Waals surface area contributed by atoms with Gasteiger partial charge in [0.05, 0.1) is 17.3 Å². The van der Waals surface area contributed by atoms with Gasteiger partial charge in [-0.1, -0.05) is 24.6 Å². The van der Waals surface area contributed by atoms with Gasteiger partial charge < -0.3 is 9.47 Å². The molecule has 3 rings (SSSR count). The Kier molecular flexibility index (Phi) is 5.54. The maximum Gasteiger partial charge on any atom is 0.233 e. The number of amides is 1. The van der Waals surface area contributed by atoms with Crippen LogP contribution in [0.25, 0.3) is 0 Å². The number of carbonyl (C=O) groups excluding carboxylic acids is 1. The molecule has 6 nitrogen and oxygen atoms in total. The first kappa shape index (κ1) is 17.8. The Bertz CT molecular complexity index is 680. The minimum absolute atomic E-state index is 0.0552. The van der Waals surface area contributed by atoms with Crippen molar-refractivity contribution in [3.63, 3.8) is 0 Å². The first-order chi connectivity index (χ1) is 11.5. The number of aromatic nitrogens is 2. The fourth-order valence-electron chi connectivity index (χ4n) is 3.76. The number of sulfone groups is 1. The Hall–Kier alpha value is -1.02. The molecular weight excluding hydrogens is 346 g/mol. The summed E-state index contributed by atoms with van der Waals surface area (Å²) < 4.78 is 25.7. The quantitative estimate of drug-likeness (QED) is 0.715. The minimum atomic E-state index is -2.99. The smallest absolute Gasteiger partial charge is 0.233 e. The average Bonchev–Trinajstić information content (AvgIpc) is 3.27. The molecule has 2 fully saturated rings. The Morgan fingerprint density at radius 2 is 2.08 bits per heavy atom. The van der Waals surface area contributed by atoms with Crippen molar-refractivity contribution in [3.05, 3.63) is 12.4 Å².